The van der Waals surface area contributed by atoms with E-state index in [-0.39, 0.29) is 40.8 Å². The molecule has 0 unspecified atom stereocenters. The van der Waals surface area contributed by atoms with Crippen molar-refractivity contribution in [3.63, 3.8) is 0 Å². The second-order valence-corrected chi connectivity index (χ2v) is 12.8. The number of carbonyl (C=O) groups is 5. The van der Waals surface area contributed by atoms with E-state index in [1.165, 1.54) is 14.8 Å². The van der Waals surface area contributed by atoms with E-state index < -0.39 is 17.8 Å². The molecule has 1 aromatic carbocycles. The molecule has 3 fully saturated rings. The van der Waals surface area contributed by atoms with Crippen LogP contribution >= 0.6 is 0 Å². The second-order valence-electron chi connectivity index (χ2n) is 12.8. The summed E-state index contributed by atoms with van der Waals surface area (Å²) < 4.78 is 0. The summed E-state index contributed by atoms with van der Waals surface area (Å²) in [5, 5.41) is 15.9. The molecule has 6 amide bonds. The molecule has 0 spiro atoms. The van der Waals surface area contributed by atoms with Crippen molar-refractivity contribution in [2.24, 2.45) is 5.10 Å². The monoisotopic (exact) mass is 670 g/mol. The third-order valence-corrected chi connectivity index (χ3v) is 8.90. The average Bonchev–Trinajstić information content (AvgIpc) is 3.42. The Hall–Kier alpha value is -4.85. The van der Waals surface area contributed by atoms with Crippen LogP contribution in [0.15, 0.2) is 71.9 Å². The van der Waals surface area contributed by atoms with Crippen molar-refractivity contribution in [3.8, 4) is 6.07 Å². The Morgan fingerprint density at radius 1 is 0.837 bits per heavy atom. The van der Waals surface area contributed by atoms with E-state index in [0.29, 0.717) is 17.8 Å². The Bertz CT molecular complexity index is 1440. The number of amides is 6. The van der Waals surface area contributed by atoms with Gasteiger partial charge in [0.2, 0.25) is 0 Å². The van der Waals surface area contributed by atoms with Crippen LogP contribution in [0.4, 0.5) is 10.5 Å². The predicted octanol–water partition coefficient (Wildman–Crippen LogP) is 6.73. The number of benzene rings is 1. The Labute approximate surface area is 290 Å². The van der Waals surface area contributed by atoms with Gasteiger partial charge in [-0.15, -0.1) is 0 Å². The molecule has 2 saturated carbocycles. The van der Waals surface area contributed by atoms with Crippen LogP contribution in [0.2, 0.25) is 0 Å². The highest BCUT2D eigenvalue weighted by Gasteiger charge is 2.46. The SMILES string of the molecule is C=C(C)C#N.C=C1C(=O)N(C2CCCCC2)C(=O)N(C2CCCCC2)C1=O.C=C1C(=O)N(c2ccccc2)N=C1C(=O)NCCCCCC. The van der Waals surface area contributed by atoms with Crippen LogP contribution in [0.5, 0.6) is 0 Å². The predicted molar refractivity (Wildman–Crippen MR) is 190 cm³/mol. The van der Waals surface area contributed by atoms with Gasteiger partial charge in [-0.3, -0.25) is 29.0 Å². The molecule has 1 N–H and O–H groups in total. The highest BCUT2D eigenvalue weighted by atomic mass is 16.2. The highest BCUT2D eigenvalue weighted by Crippen LogP contribution is 2.32. The number of allylic oxidation sites excluding steroid dienone is 1. The first-order valence-electron chi connectivity index (χ1n) is 17.4. The van der Waals surface area contributed by atoms with E-state index >= 15 is 0 Å². The van der Waals surface area contributed by atoms with Crippen molar-refractivity contribution in [1.29, 1.82) is 5.26 Å². The number of barbiturate groups is 1. The van der Waals surface area contributed by atoms with E-state index in [1.54, 1.807) is 19.1 Å². The average molecular weight is 671 g/mol. The van der Waals surface area contributed by atoms with Crippen LogP contribution < -0.4 is 10.3 Å². The van der Waals surface area contributed by atoms with Crippen LogP contribution in [0.25, 0.3) is 0 Å². The molecule has 0 radical (unpaired) electrons. The van der Waals surface area contributed by atoms with E-state index in [2.05, 4.69) is 37.1 Å². The van der Waals surface area contributed by atoms with Crippen molar-refractivity contribution in [3.05, 3.63) is 66.8 Å². The summed E-state index contributed by atoms with van der Waals surface area (Å²) in [4.78, 5) is 64.7. The number of carbonyl (C=O) groups excluding carboxylic acids is 5. The van der Waals surface area contributed by atoms with Gasteiger partial charge in [0, 0.05) is 24.2 Å². The van der Waals surface area contributed by atoms with Gasteiger partial charge in [-0.05, 0) is 51.2 Å². The third-order valence-electron chi connectivity index (χ3n) is 8.90. The maximum atomic E-state index is 12.9. The van der Waals surface area contributed by atoms with Crippen molar-refractivity contribution in [1.82, 2.24) is 15.1 Å². The molecule has 0 aromatic heterocycles. The first-order valence-corrected chi connectivity index (χ1v) is 17.4. The fraction of sp³-hybridized carbons (Fsp3) is 0.500. The molecule has 0 atom stereocenters. The number of anilines is 1. The molecule has 2 aliphatic carbocycles. The topological polar surface area (TPSA) is 143 Å². The number of hydrogen-bond donors (Lipinski definition) is 1. The maximum Gasteiger partial charge on any atom is 0.334 e. The third kappa shape index (κ3) is 10.3. The molecular weight excluding hydrogens is 620 g/mol. The minimum absolute atomic E-state index is 0.0456. The zero-order chi connectivity index (χ0) is 35.9. The highest BCUT2D eigenvalue weighted by molar-refractivity contribution is 6.54. The molecule has 262 valence electrons. The lowest BCUT2D eigenvalue weighted by atomic mass is 9.91. The molecule has 2 aliphatic heterocycles. The van der Waals surface area contributed by atoms with Crippen LogP contribution in [-0.2, 0) is 19.2 Å². The molecule has 0 bridgehead atoms. The minimum Gasteiger partial charge on any atom is -0.351 e. The lowest BCUT2D eigenvalue weighted by molar-refractivity contribution is -0.139. The summed E-state index contributed by atoms with van der Waals surface area (Å²) in [6.45, 7) is 15.1. The van der Waals surface area contributed by atoms with Crippen LogP contribution in [0.1, 0.15) is 104 Å². The Balaban J connectivity index is 0.000000234. The second kappa shape index (κ2) is 19.2. The van der Waals surface area contributed by atoms with Gasteiger partial charge >= 0.3 is 6.03 Å². The first-order chi connectivity index (χ1) is 23.5. The molecule has 49 heavy (non-hydrogen) atoms. The molecule has 1 aromatic rings. The van der Waals surface area contributed by atoms with E-state index in [9.17, 15) is 24.0 Å². The molecule has 2 heterocycles. The lowest BCUT2D eigenvalue weighted by Gasteiger charge is -2.43. The fourth-order valence-electron chi connectivity index (χ4n) is 6.19. The number of nitrogens with zero attached hydrogens (tertiary/aromatic N) is 5. The molecule has 1 saturated heterocycles. The van der Waals surface area contributed by atoms with Gasteiger partial charge in [0.25, 0.3) is 23.6 Å². The molecule has 5 rings (SSSR count). The van der Waals surface area contributed by atoms with Crippen LogP contribution in [0, 0.1) is 11.3 Å². The zero-order valence-corrected chi connectivity index (χ0v) is 29.0. The number of hydrazone groups is 1. The van der Waals surface area contributed by atoms with Gasteiger partial charge in [0.1, 0.15) is 0 Å². The Morgan fingerprint density at radius 3 is 1.82 bits per heavy atom. The smallest absolute Gasteiger partial charge is 0.334 e. The van der Waals surface area contributed by atoms with Crippen molar-refractivity contribution < 1.29 is 24.0 Å². The summed E-state index contributed by atoms with van der Waals surface area (Å²) in [5.74, 6) is -1.65. The molecule has 11 nitrogen and oxygen atoms in total. The number of imide groups is 2. The van der Waals surface area contributed by atoms with E-state index in [4.69, 9.17) is 5.26 Å². The Kier molecular flexibility index (Phi) is 15.1. The molecule has 11 heteroatoms. The minimum atomic E-state index is -0.478. The number of nitriles is 1. The number of rotatable bonds is 9. The van der Waals surface area contributed by atoms with Crippen molar-refractivity contribution >= 4 is 41.1 Å². The largest absolute Gasteiger partial charge is 0.351 e. The zero-order valence-electron chi connectivity index (χ0n) is 29.0. The van der Waals surface area contributed by atoms with Crippen molar-refractivity contribution in [2.45, 2.75) is 116 Å². The summed E-state index contributed by atoms with van der Waals surface area (Å²) >= 11 is 0. The van der Waals surface area contributed by atoms with Gasteiger partial charge in [0.05, 0.1) is 22.9 Å². The van der Waals surface area contributed by atoms with Gasteiger partial charge < -0.3 is 5.32 Å². The van der Waals surface area contributed by atoms with Crippen LogP contribution in [0.3, 0.4) is 0 Å². The summed E-state index contributed by atoms with van der Waals surface area (Å²) in [6, 6.07) is 10.3. The number of nitrogens with one attached hydrogen (secondary N) is 1. The molecule has 4 aliphatic rings. The van der Waals surface area contributed by atoms with Gasteiger partial charge in [-0.1, -0.05) is 103 Å². The maximum absolute atomic E-state index is 12.9. The fourth-order valence-corrected chi connectivity index (χ4v) is 6.19. The normalized spacial score (nSPS) is 18.6. The van der Waals surface area contributed by atoms with E-state index in [0.717, 1.165) is 89.9 Å². The number of hydrogen-bond acceptors (Lipinski definition) is 7. The number of urea groups is 1. The summed E-state index contributed by atoms with van der Waals surface area (Å²) in [6.07, 6.45) is 14.1. The quantitative estimate of drug-likeness (QED) is 0.134. The lowest BCUT2D eigenvalue weighted by Crippen LogP contribution is -2.62. The van der Waals surface area contributed by atoms with Crippen LogP contribution in [-0.4, -0.2) is 63.8 Å². The summed E-state index contributed by atoms with van der Waals surface area (Å²) in [5.41, 5.74) is 1.37. The Morgan fingerprint density at radius 2 is 1.35 bits per heavy atom. The number of unbranched alkanes of at least 4 members (excludes halogenated alkanes) is 3. The molecular formula is C38H50N6O5. The first kappa shape index (κ1) is 38.6. The van der Waals surface area contributed by atoms with Gasteiger partial charge in [0.15, 0.2) is 5.71 Å². The van der Waals surface area contributed by atoms with Gasteiger partial charge in [-0.2, -0.15) is 15.4 Å². The van der Waals surface area contributed by atoms with Gasteiger partial charge in [-0.25, -0.2) is 4.79 Å². The number of para-hydroxylation sites is 1. The standard InChI is InChI=1S/C17H21N3O2.C17H24N2O3.C4H5N/c1-3-4-5-9-12-18-16(21)15-13(2)17(22)20(19-15)14-10-7-6-8-11-14;1-12-15(20)18(13-8-4-2-5-9-13)17(22)19(16(12)21)14-10-6-3-7-11-14;1-4(2)3-5/h6-8,10-11H,2-5,9,12H2,1H3,(H,18,21);13-14H,1-11H2;1H2,2H3. The van der Waals surface area contributed by atoms with Crippen molar-refractivity contribution in [2.75, 3.05) is 11.6 Å². The van der Waals surface area contributed by atoms with E-state index in [1.807, 2.05) is 24.3 Å². The summed E-state index contributed by atoms with van der Waals surface area (Å²) in [7, 11) is 0.